The van der Waals surface area contributed by atoms with Crippen LogP contribution in [0.5, 0.6) is 0 Å². The summed E-state index contributed by atoms with van der Waals surface area (Å²) in [5.74, 6) is -4.82. The lowest BCUT2D eigenvalue weighted by molar-refractivity contribution is -0.143. The number of hydrogen-bond acceptors (Lipinski definition) is 4. The molecule has 2 amide bonds. The maximum atomic E-state index is 13.9. The minimum absolute atomic E-state index is 0.0648. The van der Waals surface area contributed by atoms with Gasteiger partial charge < -0.3 is 20.1 Å². The van der Waals surface area contributed by atoms with Gasteiger partial charge in [-0.05, 0) is 32.9 Å². The van der Waals surface area contributed by atoms with E-state index in [1.165, 1.54) is 0 Å². The van der Waals surface area contributed by atoms with Gasteiger partial charge >= 0.3 is 5.97 Å². The van der Waals surface area contributed by atoms with Gasteiger partial charge in [0.2, 0.25) is 11.8 Å². The first-order chi connectivity index (χ1) is 13.0. The van der Waals surface area contributed by atoms with Gasteiger partial charge in [-0.25, -0.2) is 13.6 Å². The summed E-state index contributed by atoms with van der Waals surface area (Å²) in [6.07, 6.45) is -0.122. The molecule has 1 aliphatic rings. The molecule has 0 bridgehead atoms. The van der Waals surface area contributed by atoms with E-state index in [2.05, 4.69) is 5.32 Å². The van der Waals surface area contributed by atoms with E-state index < -0.39 is 47.0 Å². The molecule has 2 rings (SSSR count). The first-order valence-corrected chi connectivity index (χ1v) is 8.90. The van der Waals surface area contributed by atoms with E-state index >= 15 is 0 Å². The topological polar surface area (TPSA) is 95.9 Å². The second-order valence-corrected chi connectivity index (χ2v) is 7.65. The van der Waals surface area contributed by atoms with Crippen molar-refractivity contribution in [1.29, 1.82) is 0 Å². The zero-order chi connectivity index (χ0) is 21.1. The van der Waals surface area contributed by atoms with E-state index in [0.717, 1.165) is 17.0 Å². The molecule has 1 aromatic rings. The van der Waals surface area contributed by atoms with E-state index in [1.807, 2.05) is 20.8 Å². The summed E-state index contributed by atoms with van der Waals surface area (Å²) >= 11 is 0. The number of carbonyl (C=O) groups excluding carboxylic acids is 2. The molecule has 9 heteroatoms. The van der Waals surface area contributed by atoms with Crippen LogP contribution in [0.15, 0.2) is 18.2 Å². The summed E-state index contributed by atoms with van der Waals surface area (Å²) in [4.78, 5) is 37.1. The fraction of sp³-hybridized carbons (Fsp3) is 0.526. The molecule has 1 heterocycles. The van der Waals surface area contributed by atoms with Crippen molar-refractivity contribution in [3.05, 3.63) is 29.8 Å². The molecule has 2 N–H and O–H groups in total. The van der Waals surface area contributed by atoms with Crippen molar-refractivity contribution in [2.45, 2.75) is 45.3 Å². The van der Waals surface area contributed by atoms with Gasteiger partial charge in [-0.3, -0.25) is 9.59 Å². The van der Waals surface area contributed by atoms with Crippen LogP contribution in [0, 0.1) is 17.6 Å². The third-order valence-electron chi connectivity index (χ3n) is 4.25. The molecule has 0 saturated carbocycles. The highest BCUT2D eigenvalue weighted by Crippen LogP contribution is 2.28. The van der Waals surface area contributed by atoms with Crippen LogP contribution in [0.3, 0.4) is 0 Å². The van der Waals surface area contributed by atoms with Gasteiger partial charge in [-0.1, -0.05) is 0 Å². The Labute approximate surface area is 161 Å². The average Bonchev–Trinajstić information content (AvgIpc) is 2.94. The largest absolute Gasteiger partial charge is 0.480 e. The van der Waals surface area contributed by atoms with Crippen LogP contribution in [-0.2, 0) is 19.1 Å². The highest BCUT2D eigenvalue weighted by molar-refractivity contribution is 6.00. The number of hydrogen-bond donors (Lipinski definition) is 2. The average molecular weight is 398 g/mol. The van der Waals surface area contributed by atoms with Crippen LogP contribution in [0.25, 0.3) is 0 Å². The normalized spacial score (nSPS) is 18.2. The maximum absolute atomic E-state index is 13.9. The Hall–Kier alpha value is -2.55. The molecule has 7 nitrogen and oxygen atoms in total. The number of ether oxygens (including phenoxy) is 1. The highest BCUT2D eigenvalue weighted by Gasteiger charge is 2.37. The molecule has 1 aliphatic heterocycles. The van der Waals surface area contributed by atoms with Crippen LogP contribution in [0.4, 0.5) is 14.5 Å². The van der Waals surface area contributed by atoms with Crippen molar-refractivity contribution in [3.63, 3.8) is 0 Å². The second kappa shape index (κ2) is 8.64. The van der Waals surface area contributed by atoms with Crippen molar-refractivity contribution in [3.8, 4) is 0 Å². The molecule has 0 aliphatic carbocycles. The molecular formula is C19H24F2N2O5. The predicted octanol–water partition coefficient (Wildman–Crippen LogP) is 2.09. The monoisotopic (exact) mass is 398 g/mol. The lowest BCUT2D eigenvalue weighted by Crippen LogP contribution is -2.45. The number of benzene rings is 1. The Bertz CT molecular complexity index is 763. The summed E-state index contributed by atoms with van der Waals surface area (Å²) in [6, 6.07) is 1.65. The smallest absolute Gasteiger partial charge is 0.326 e. The van der Waals surface area contributed by atoms with E-state index in [0.29, 0.717) is 6.07 Å². The molecule has 154 valence electrons. The summed E-state index contributed by atoms with van der Waals surface area (Å²) in [5, 5.41) is 11.7. The van der Waals surface area contributed by atoms with Crippen molar-refractivity contribution in [2.75, 3.05) is 18.1 Å². The van der Waals surface area contributed by atoms with E-state index in [4.69, 9.17) is 4.74 Å². The van der Waals surface area contributed by atoms with Gasteiger partial charge in [0.05, 0.1) is 17.2 Å². The third-order valence-corrected chi connectivity index (χ3v) is 4.25. The molecule has 2 unspecified atom stereocenters. The van der Waals surface area contributed by atoms with Crippen LogP contribution in [0.2, 0.25) is 0 Å². The molecule has 1 saturated heterocycles. The quantitative estimate of drug-likeness (QED) is 0.733. The number of carboxylic acid groups (broad SMARTS) is 1. The number of amides is 2. The summed E-state index contributed by atoms with van der Waals surface area (Å²) in [6.45, 7) is 5.51. The van der Waals surface area contributed by atoms with Gasteiger partial charge in [0, 0.05) is 32.1 Å². The first-order valence-electron chi connectivity index (χ1n) is 8.90. The third kappa shape index (κ3) is 5.72. The SMILES string of the molecule is CC(C)(C)OCCC(NC(=O)C1CC(=O)N(c2ccc(F)cc2F)C1)C(=O)O. The zero-order valence-corrected chi connectivity index (χ0v) is 16.0. The van der Waals surface area contributed by atoms with Crippen molar-refractivity contribution >= 4 is 23.5 Å². The fourth-order valence-electron chi connectivity index (χ4n) is 2.85. The molecule has 1 aromatic carbocycles. The van der Waals surface area contributed by atoms with E-state index in [9.17, 15) is 28.3 Å². The second-order valence-electron chi connectivity index (χ2n) is 7.65. The Morgan fingerprint density at radius 3 is 2.61 bits per heavy atom. The lowest BCUT2D eigenvalue weighted by Gasteiger charge is -2.22. The Balaban J connectivity index is 1.99. The number of anilines is 1. The Kier molecular flexibility index (Phi) is 6.71. The molecule has 0 radical (unpaired) electrons. The van der Waals surface area contributed by atoms with Gasteiger partial charge in [0.15, 0.2) is 0 Å². The van der Waals surface area contributed by atoms with Crippen molar-refractivity contribution < 1.29 is 33.0 Å². The molecule has 0 aromatic heterocycles. The number of nitrogens with one attached hydrogen (secondary N) is 1. The molecule has 28 heavy (non-hydrogen) atoms. The molecule has 0 spiro atoms. The number of nitrogens with zero attached hydrogens (tertiary/aromatic N) is 1. The van der Waals surface area contributed by atoms with Gasteiger partial charge in [0.25, 0.3) is 0 Å². The summed E-state index contributed by atoms with van der Waals surface area (Å²) < 4.78 is 32.5. The number of halogens is 2. The lowest BCUT2D eigenvalue weighted by atomic mass is 10.1. The minimum Gasteiger partial charge on any atom is -0.480 e. The summed E-state index contributed by atoms with van der Waals surface area (Å²) in [7, 11) is 0. The predicted molar refractivity (Wildman–Crippen MR) is 96.7 cm³/mol. The zero-order valence-electron chi connectivity index (χ0n) is 16.0. The number of aliphatic carboxylic acids is 1. The number of carboxylic acids is 1. The van der Waals surface area contributed by atoms with E-state index in [-0.39, 0.29) is 31.7 Å². The maximum Gasteiger partial charge on any atom is 0.326 e. The Morgan fingerprint density at radius 1 is 1.36 bits per heavy atom. The minimum atomic E-state index is -1.21. The van der Waals surface area contributed by atoms with Crippen molar-refractivity contribution in [1.82, 2.24) is 5.32 Å². The van der Waals surface area contributed by atoms with Crippen LogP contribution < -0.4 is 10.2 Å². The van der Waals surface area contributed by atoms with Gasteiger partial charge in [0.1, 0.15) is 17.7 Å². The number of carbonyl (C=O) groups is 3. The van der Waals surface area contributed by atoms with Crippen LogP contribution in [0.1, 0.15) is 33.6 Å². The molecule has 1 fully saturated rings. The van der Waals surface area contributed by atoms with Gasteiger partial charge in [-0.2, -0.15) is 0 Å². The summed E-state index contributed by atoms with van der Waals surface area (Å²) in [5.41, 5.74) is -0.555. The first kappa shape index (κ1) is 21.7. The molecule has 2 atom stereocenters. The highest BCUT2D eigenvalue weighted by atomic mass is 19.1. The fourth-order valence-corrected chi connectivity index (χ4v) is 2.85. The van der Waals surface area contributed by atoms with Crippen LogP contribution in [-0.4, -0.2) is 47.7 Å². The van der Waals surface area contributed by atoms with E-state index in [1.54, 1.807) is 0 Å². The molecular weight excluding hydrogens is 374 g/mol. The van der Waals surface area contributed by atoms with Crippen LogP contribution >= 0.6 is 0 Å². The van der Waals surface area contributed by atoms with Gasteiger partial charge in [-0.15, -0.1) is 0 Å². The standard InChI is InChI=1S/C19H24F2N2O5/c1-19(2,3)28-7-6-14(18(26)27)22-17(25)11-8-16(24)23(10-11)15-5-4-12(20)9-13(15)21/h4-5,9,11,14H,6-8,10H2,1-3H3,(H,22,25)(H,26,27). The Morgan fingerprint density at radius 2 is 2.04 bits per heavy atom. The number of rotatable bonds is 7. The van der Waals surface area contributed by atoms with Crippen molar-refractivity contribution in [2.24, 2.45) is 5.92 Å².